The zero-order chi connectivity index (χ0) is 10.7. The fraction of sp³-hybridized carbons (Fsp3) is 0.200. The number of H-pyrrole nitrogens is 1. The van der Waals surface area contributed by atoms with E-state index in [0.29, 0.717) is 0 Å². The number of hydrogen-bond donors (Lipinski definition) is 2. The summed E-state index contributed by atoms with van der Waals surface area (Å²) in [5.74, 6) is -0.170. The minimum Gasteiger partial charge on any atom is -0.375 e. The second-order valence-corrected chi connectivity index (χ2v) is 3.12. The van der Waals surface area contributed by atoms with Gasteiger partial charge in [-0.05, 0) is 18.2 Å². The van der Waals surface area contributed by atoms with Crippen LogP contribution in [0.2, 0.25) is 0 Å². The summed E-state index contributed by atoms with van der Waals surface area (Å²) in [7, 11) is 1.48. The van der Waals surface area contributed by atoms with Gasteiger partial charge in [0.1, 0.15) is 6.61 Å². The van der Waals surface area contributed by atoms with Crippen LogP contribution in [0.1, 0.15) is 0 Å². The lowest BCUT2D eigenvalue weighted by Crippen LogP contribution is -2.16. The normalized spacial score (nSPS) is 10.5. The topological polar surface area (TPSA) is 67.0 Å². The van der Waals surface area contributed by atoms with Gasteiger partial charge in [0.05, 0.1) is 17.4 Å². The average molecular weight is 205 g/mol. The van der Waals surface area contributed by atoms with E-state index in [1.165, 1.54) is 7.11 Å². The summed E-state index contributed by atoms with van der Waals surface area (Å²) in [5, 5.41) is 2.71. The summed E-state index contributed by atoms with van der Waals surface area (Å²) in [6.45, 7) is 0.0566. The average Bonchev–Trinajstić information content (AvgIpc) is 2.65. The highest BCUT2D eigenvalue weighted by atomic mass is 16.5. The Morgan fingerprint density at radius 3 is 3.27 bits per heavy atom. The Bertz CT molecular complexity index is 478. The number of aromatic amines is 1. The minimum atomic E-state index is -0.170. The Kier molecular flexibility index (Phi) is 2.64. The number of ether oxygens (including phenoxy) is 1. The molecule has 2 aromatic rings. The van der Waals surface area contributed by atoms with E-state index in [9.17, 15) is 4.79 Å². The van der Waals surface area contributed by atoms with Crippen molar-refractivity contribution in [3.8, 4) is 0 Å². The summed E-state index contributed by atoms with van der Waals surface area (Å²) >= 11 is 0. The number of nitrogens with zero attached hydrogens (tertiary/aromatic N) is 1. The van der Waals surface area contributed by atoms with Gasteiger partial charge in [0.15, 0.2) is 0 Å². The van der Waals surface area contributed by atoms with Crippen LogP contribution in [0, 0.1) is 0 Å². The summed E-state index contributed by atoms with van der Waals surface area (Å²) in [6.07, 6.45) is 1.62. The molecule has 0 spiro atoms. The zero-order valence-corrected chi connectivity index (χ0v) is 8.28. The summed E-state index contributed by atoms with van der Waals surface area (Å²) in [4.78, 5) is 18.3. The van der Waals surface area contributed by atoms with E-state index in [1.807, 2.05) is 12.1 Å². The van der Waals surface area contributed by atoms with Gasteiger partial charge in [0.2, 0.25) is 5.91 Å². The fourth-order valence-electron chi connectivity index (χ4n) is 1.34. The molecule has 0 unspecified atom stereocenters. The monoisotopic (exact) mass is 205 g/mol. The van der Waals surface area contributed by atoms with Gasteiger partial charge in [-0.25, -0.2) is 4.98 Å². The van der Waals surface area contributed by atoms with Gasteiger partial charge in [-0.2, -0.15) is 0 Å². The molecular formula is C10H11N3O2. The first-order valence-corrected chi connectivity index (χ1v) is 4.51. The summed E-state index contributed by atoms with van der Waals surface area (Å²) in [5.41, 5.74) is 2.50. The summed E-state index contributed by atoms with van der Waals surface area (Å²) in [6, 6.07) is 5.47. The van der Waals surface area contributed by atoms with E-state index in [-0.39, 0.29) is 12.5 Å². The molecule has 5 nitrogen and oxygen atoms in total. The first-order valence-electron chi connectivity index (χ1n) is 4.51. The lowest BCUT2D eigenvalue weighted by atomic mass is 10.3. The highest BCUT2D eigenvalue weighted by Crippen LogP contribution is 2.15. The molecule has 2 N–H and O–H groups in total. The van der Waals surface area contributed by atoms with Gasteiger partial charge in [0.25, 0.3) is 0 Å². The van der Waals surface area contributed by atoms with Crippen LogP contribution in [0.5, 0.6) is 0 Å². The van der Waals surface area contributed by atoms with E-state index >= 15 is 0 Å². The number of rotatable bonds is 3. The standard InChI is InChI=1S/C10H11N3O2/c1-15-5-10(14)13-7-2-3-8-9(4-7)12-6-11-8/h2-4,6H,5H2,1H3,(H,11,12)(H,13,14). The van der Waals surface area contributed by atoms with Gasteiger partial charge < -0.3 is 15.0 Å². The number of nitrogens with one attached hydrogen (secondary N) is 2. The number of fused-ring (bicyclic) bond motifs is 1. The third-order valence-corrected chi connectivity index (χ3v) is 1.98. The van der Waals surface area contributed by atoms with E-state index in [0.717, 1.165) is 16.7 Å². The molecule has 1 heterocycles. The Morgan fingerprint density at radius 2 is 2.47 bits per heavy atom. The smallest absolute Gasteiger partial charge is 0.250 e. The second kappa shape index (κ2) is 4.10. The van der Waals surface area contributed by atoms with Crippen LogP contribution >= 0.6 is 0 Å². The number of carbonyl (C=O) groups is 1. The van der Waals surface area contributed by atoms with Crippen molar-refractivity contribution in [1.29, 1.82) is 0 Å². The molecular weight excluding hydrogens is 194 g/mol. The van der Waals surface area contributed by atoms with Crippen LogP contribution in [0.25, 0.3) is 11.0 Å². The predicted octanol–water partition coefficient (Wildman–Crippen LogP) is 1.15. The van der Waals surface area contributed by atoms with Crippen LogP contribution in [0.15, 0.2) is 24.5 Å². The summed E-state index contributed by atoms with van der Waals surface area (Å²) < 4.78 is 4.72. The molecule has 2 rings (SSSR count). The largest absolute Gasteiger partial charge is 0.375 e. The molecule has 0 saturated carbocycles. The number of imidazole rings is 1. The molecule has 0 aliphatic rings. The molecule has 0 bridgehead atoms. The van der Waals surface area contributed by atoms with Crippen molar-refractivity contribution < 1.29 is 9.53 Å². The van der Waals surface area contributed by atoms with Crippen molar-refractivity contribution in [1.82, 2.24) is 9.97 Å². The molecule has 1 amide bonds. The van der Waals surface area contributed by atoms with Crippen LogP contribution in [0.4, 0.5) is 5.69 Å². The van der Waals surface area contributed by atoms with Crippen molar-refractivity contribution >= 4 is 22.6 Å². The molecule has 1 aromatic carbocycles. The first-order chi connectivity index (χ1) is 7.29. The van der Waals surface area contributed by atoms with Gasteiger partial charge in [-0.15, -0.1) is 0 Å². The SMILES string of the molecule is COCC(=O)Nc1ccc2nc[nH]c2c1. The van der Waals surface area contributed by atoms with Crippen molar-refractivity contribution in [2.24, 2.45) is 0 Å². The molecule has 78 valence electrons. The third-order valence-electron chi connectivity index (χ3n) is 1.98. The maximum Gasteiger partial charge on any atom is 0.250 e. The second-order valence-electron chi connectivity index (χ2n) is 3.12. The van der Waals surface area contributed by atoms with E-state index in [4.69, 9.17) is 4.74 Å². The van der Waals surface area contributed by atoms with Crippen molar-refractivity contribution in [2.45, 2.75) is 0 Å². The molecule has 5 heteroatoms. The number of benzene rings is 1. The lowest BCUT2D eigenvalue weighted by molar-refractivity contribution is -0.119. The zero-order valence-electron chi connectivity index (χ0n) is 8.28. The van der Waals surface area contributed by atoms with Crippen LogP contribution in [-0.2, 0) is 9.53 Å². The molecule has 0 fully saturated rings. The minimum absolute atomic E-state index is 0.0566. The number of hydrogen-bond acceptors (Lipinski definition) is 3. The van der Waals surface area contributed by atoms with E-state index in [1.54, 1.807) is 12.4 Å². The Morgan fingerprint density at radius 1 is 1.60 bits per heavy atom. The molecule has 0 aliphatic heterocycles. The maximum atomic E-state index is 11.2. The molecule has 0 saturated heterocycles. The highest BCUT2D eigenvalue weighted by Gasteiger charge is 2.02. The first kappa shape index (κ1) is 9.67. The number of amides is 1. The Balaban J connectivity index is 2.17. The fourth-order valence-corrected chi connectivity index (χ4v) is 1.34. The van der Waals surface area contributed by atoms with Gasteiger partial charge in [-0.1, -0.05) is 0 Å². The number of aromatic nitrogens is 2. The lowest BCUT2D eigenvalue weighted by Gasteiger charge is -2.03. The van der Waals surface area contributed by atoms with Gasteiger partial charge in [-0.3, -0.25) is 4.79 Å². The van der Waals surface area contributed by atoms with Crippen LogP contribution in [-0.4, -0.2) is 29.6 Å². The van der Waals surface area contributed by atoms with Crippen LogP contribution in [0.3, 0.4) is 0 Å². The number of methoxy groups -OCH3 is 1. The highest BCUT2D eigenvalue weighted by molar-refractivity contribution is 5.93. The molecule has 1 aromatic heterocycles. The van der Waals surface area contributed by atoms with Crippen molar-refractivity contribution in [2.75, 3.05) is 19.0 Å². The van der Waals surface area contributed by atoms with Gasteiger partial charge >= 0.3 is 0 Å². The molecule has 15 heavy (non-hydrogen) atoms. The van der Waals surface area contributed by atoms with Crippen molar-refractivity contribution in [3.05, 3.63) is 24.5 Å². The maximum absolute atomic E-state index is 11.2. The third kappa shape index (κ3) is 2.13. The van der Waals surface area contributed by atoms with Gasteiger partial charge in [0, 0.05) is 12.8 Å². The Labute approximate surface area is 86.5 Å². The molecule has 0 radical (unpaired) electrons. The molecule has 0 aliphatic carbocycles. The number of carbonyl (C=O) groups excluding carboxylic acids is 1. The predicted molar refractivity (Wildman–Crippen MR) is 56.6 cm³/mol. The van der Waals surface area contributed by atoms with Crippen molar-refractivity contribution in [3.63, 3.8) is 0 Å². The van der Waals surface area contributed by atoms with Crippen LogP contribution < -0.4 is 5.32 Å². The Hall–Kier alpha value is -1.88. The molecule has 0 atom stereocenters. The quantitative estimate of drug-likeness (QED) is 0.789. The van der Waals surface area contributed by atoms with E-state index < -0.39 is 0 Å². The van der Waals surface area contributed by atoms with E-state index in [2.05, 4.69) is 15.3 Å². The number of anilines is 1.